The number of nitrogens with two attached hydrogens (primary N) is 1. The highest BCUT2D eigenvalue weighted by molar-refractivity contribution is 5.95. The molecule has 0 spiro atoms. The quantitative estimate of drug-likeness (QED) is 0.854. The van der Waals surface area contributed by atoms with Gasteiger partial charge in [0, 0.05) is 24.7 Å². The van der Waals surface area contributed by atoms with Crippen molar-refractivity contribution in [2.45, 2.75) is 20.3 Å². The highest BCUT2D eigenvalue weighted by Crippen LogP contribution is 2.38. The van der Waals surface area contributed by atoms with E-state index in [-0.39, 0.29) is 5.91 Å². The number of benzene rings is 1. The number of carbonyl (C=O) groups excluding carboxylic acids is 1. The van der Waals surface area contributed by atoms with Crippen molar-refractivity contribution in [2.24, 2.45) is 17.6 Å². The number of rotatable bonds is 3. The van der Waals surface area contributed by atoms with E-state index in [1.165, 1.54) is 6.42 Å². The van der Waals surface area contributed by atoms with Gasteiger partial charge in [-0.3, -0.25) is 4.79 Å². The normalized spacial score (nSPS) is 20.0. The number of amides is 1. The lowest BCUT2D eigenvalue weighted by Gasteiger charge is -2.18. The van der Waals surface area contributed by atoms with Gasteiger partial charge in [-0.05, 0) is 42.9 Å². The van der Waals surface area contributed by atoms with Gasteiger partial charge in [-0.2, -0.15) is 0 Å². The predicted octanol–water partition coefficient (Wildman–Crippen LogP) is 2.03. The molecule has 3 heteroatoms. The van der Waals surface area contributed by atoms with Gasteiger partial charge in [0.25, 0.3) is 5.91 Å². The van der Waals surface area contributed by atoms with E-state index in [2.05, 4.69) is 18.8 Å². The van der Waals surface area contributed by atoms with Crippen molar-refractivity contribution in [2.75, 3.05) is 20.1 Å². The third-order valence-electron chi connectivity index (χ3n) is 3.93. The third kappa shape index (κ3) is 3.40. The Morgan fingerprint density at radius 3 is 2.80 bits per heavy atom. The summed E-state index contributed by atoms with van der Waals surface area (Å²) in [7, 11) is 1.88. The van der Waals surface area contributed by atoms with Crippen molar-refractivity contribution < 1.29 is 4.79 Å². The summed E-state index contributed by atoms with van der Waals surface area (Å²) >= 11 is 0. The molecule has 2 N–H and O–H groups in total. The molecule has 0 heterocycles. The molecular weight excluding hydrogens is 248 g/mol. The maximum atomic E-state index is 12.5. The molecular formula is C17H22N2O. The second-order valence-corrected chi connectivity index (χ2v) is 5.69. The van der Waals surface area contributed by atoms with Crippen molar-refractivity contribution in [3.05, 3.63) is 34.9 Å². The van der Waals surface area contributed by atoms with E-state index in [4.69, 9.17) is 5.73 Å². The minimum atomic E-state index is 0.0815. The third-order valence-corrected chi connectivity index (χ3v) is 3.93. The summed E-state index contributed by atoms with van der Waals surface area (Å²) in [6.07, 6.45) is 1.23. The zero-order chi connectivity index (χ0) is 14.7. The summed E-state index contributed by atoms with van der Waals surface area (Å²) in [6.45, 7) is 5.37. The van der Waals surface area contributed by atoms with E-state index >= 15 is 0 Å². The van der Waals surface area contributed by atoms with Crippen molar-refractivity contribution in [1.82, 2.24) is 4.90 Å². The van der Waals surface area contributed by atoms with Crippen LogP contribution in [0.2, 0.25) is 0 Å². The molecule has 1 saturated carbocycles. The van der Waals surface area contributed by atoms with Gasteiger partial charge < -0.3 is 10.6 Å². The fourth-order valence-corrected chi connectivity index (χ4v) is 2.38. The minimum Gasteiger partial charge on any atom is -0.341 e. The first-order chi connectivity index (χ1) is 9.52. The molecule has 2 rings (SSSR count). The lowest BCUT2D eigenvalue weighted by molar-refractivity contribution is 0.0786. The van der Waals surface area contributed by atoms with Gasteiger partial charge in [-0.15, -0.1) is 0 Å². The van der Waals surface area contributed by atoms with Crippen LogP contribution in [0.1, 0.15) is 34.8 Å². The zero-order valence-corrected chi connectivity index (χ0v) is 12.4. The average Bonchev–Trinajstić information content (AvgIpc) is 3.12. The molecule has 1 amide bonds. The number of hydrogen-bond acceptors (Lipinski definition) is 2. The highest BCUT2D eigenvalue weighted by atomic mass is 16.2. The first kappa shape index (κ1) is 14.6. The van der Waals surface area contributed by atoms with E-state index < -0.39 is 0 Å². The van der Waals surface area contributed by atoms with Crippen molar-refractivity contribution in [3.8, 4) is 11.8 Å². The SMILES string of the molecule is Cc1ccc(C#CCN)cc1C(=O)N(C)CC1CC1C. The number of nitrogens with zero attached hydrogens (tertiary/aromatic N) is 1. The van der Waals surface area contributed by atoms with Gasteiger partial charge in [0.2, 0.25) is 0 Å². The predicted molar refractivity (Wildman–Crippen MR) is 81.3 cm³/mol. The maximum absolute atomic E-state index is 12.5. The molecule has 2 atom stereocenters. The molecule has 2 unspecified atom stereocenters. The maximum Gasteiger partial charge on any atom is 0.253 e. The molecule has 106 valence electrons. The van der Waals surface area contributed by atoms with Crippen LogP contribution in [0.3, 0.4) is 0 Å². The molecule has 1 aliphatic carbocycles. The molecule has 1 aliphatic rings. The zero-order valence-electron chi connectivity index (χ0n) is 12.4. The number of aryl methyl sites for hydroxylation is 1. The molecule has 0 aliphatic heterocycles. The first-order valence-corrected chi connectivity index (χ1v) is 7.08. The average molecular weight is 270 g/mol. The van der Waals surface area contributed by atoms with Crippen molar-refractivity contribution >= 4 is 5.91 Å². The van der Waals surface area contributed by atoms with Crippen LogP contribution in [0.4, 0.5) is 0 Å². The number of carbonyl (C=O) groups is 1. The molecule has 0 aromatic heterocycles. The Morgan fingerprint density at radius 2 is 2.20 bits per heavy atom. The van der Waals surface area contributed by atoms with Gasteiger partial charge >= 0.3 is 0 Å². The smallest absolute Gasteiger partial charge is 0.253 e. The Bertz CT molecular complexity index is 568. The van der Waals surface area contributed by atoms with Gasteiger partial charge in [-0.25, -0.2) is 0 Å². The van der Waals surface area contributed by atoms with E-state index in [0.717, 1.165) is 29.2 Å². The van der Waals surface area contributed by atoms with Gasteiger partial charge in [0.05, 0.1) is 6.54 Å². The summed E-state index contributed by atoms with van der Waals surface area (Å²) in [4.78, 5) is 14.3. The van der Waals surface area contributed by atoms with Crippen LogP contribution >= 0.6 is 0 Å². The second kappa shape index (κ2) is 6.11. The topological polar surface area (TPSA) is 46.3 Å². The molecule has 1 fully saturated rings. The standard InChI is InChI=1S/C17H22N2O/c1-12-6-7-14(5-4-8-18)10-16(12)17(20)19(3)11-15-9-13(15)2/h6-7,10,13,15H,8-9,11,18H2,1-3H3. The highest BCUT2D eigenvalue weighted by Gasteiger charge is 2.34. The Kier molecular flexibility index (Phi) is 4.46. The Morgan fingerprint density at radius 1 is 1.50 bits per heavy atom. The Balaban J connectivity index is 2.15. The second-order valence-electron chi connectivity index (χ2n) is 5.69. The lowest BCUT2D eigenvalue weighted by atomic mass is 10.0. The van der Waals surface area contributed by atoms with E-state index in [9.17, 15) is 4.79 Å². The van der Waals surface area contributed by atoms with Gasteiger partial charge in [-0.1, -0.05) is 24.8 Å². The van der Waals surface area contributed by atoms with Crippen molar-refractivity contribution in [1.29, 1.82) is 0 Å². The molecule has 1 aromatic rings. The van der Waals surface area contributed by atoms with Gasteiger partial charge in [0.15, 0.2) is 0 Å². The van der Waals surface area contributed by atoms with E-state index in [1.54, 1.807) is 0 Å². The fourth-order valence-electron chi connectivity index (χ4n) is 2.38. The van der Waals surface area contributed by atoms with Crippen molar-refractivity contribution in [3.63, 3.8) is 0 Å². The fraction of sp³-hybridized carbons (Fsp3) is 0.471. The molecule has 3 nitrogen and oxygen atoms in total. The molecule has 0 bridgehead atoms. The van der Waals surface area contributed by atoms with E-state index in [1.807, 2.05) is 37.1 Å². The van der Waals surface area contributed by atoms with Crippen LogP contribution in [0.5, 0.6) is 0 Å². The minimum absolute atomic E-state index is 0.0815. The van der Waals surface area contributed by atoms with Crippen LogP contribution in [0.25, 0.3) is 0 Å². The molecule has 0 saturated heterocycles. The lowest BCUT2D eigenvalue weighted by Crippen LogP contribution is -2.29. The van der Waals surface area contributed by atoms with E-state index in [0.29, 0.717) is 12.5 Å². The Hall–Kier alpha value is -1.79. The van der Waals surface area contributed by atoms with Crippen LogP contribution in [-0.2, 0) is 0 Å². The summed E-state index contributed by atoms with van der Waals surface area (Å²) in [6, 6.07) is 5.74. The van der Waals surface area contributed by atoms with Crippen LogP contribution in [0.15, 0.2) is 18.2 Å². The molecule has 0 radical (unpaired) electrons. The molecule has 20 heavy (non-hydrogen) atoms. The van der Waals surface area contributed by atoms with Gasteiger partial charge in [0.1, 0.15) is 0 Å². The van der Waals surface area contributed by atoms with Crippen LogP contribution in [0, 0.1) is 30.6 Å². The monoisotopic (exact) mass is 270 g/mol. The largest absolute Gasteiger partial charge is 0.341 e. The Labute approximate surface area is 121 Å². The molecule has 1 aromatic carbocycles. The first-order valence-electron chi connectivity index (χ1n) is 7.08. The summed E-state index contributed by atoms with van der Waals surface area (Å²) in [5, 5.41) is 0. The van der Waals surface area contributed by atoms with Crippen LogP contribution in [-0.4, -0.2) is 30.9 Å². The summed E-state index contributed by atoms with van der Waals surface area (Å²) in [5.74, 6) is 7.31. The number of hydrogen-bond donors (Lipinski definition) is 1. The van der Waals surface area contributed by atoms with Crippen LogP contribution < -0.4 is 5.73 Å². The summed E-state index contributed by atoms with van der Waals surface area (Å²) < 4.78 is 0. The summed E-state index contributed by atoms with van der Waals surface area (Å²) in [5.41, 5.74) is 7.95.